The van der Waals surface area contributed by atoms with E-state index in [0.29, 0.717) is 19.6 Å². The number of rotatable bonds is 7. The van der Waals surface area contributed by atoms with Crippen molar-refractivity contribution in [1.29, 1.82) is 0 Å². The molecule has 0 saturated heterocycles. The van der Waals surface area contributed by atoms with E-state index in [4.69, 9.17) is 10.5 Å². The molecule has 1 aromatic rings. The molecular weight excluding hydrogens is 228 g/mol. The number of hydrogen-bond acceptors (Lipinski definition) is 3. The molecule has 100 valence electrons. The van der Waals surface area contributed by atoms with E-state index < -0.39 is 0 Å². The molecule has 0 radical (unpaired) electrons. The van der Waals surface area contributed by atoms with E-state index in [1.54, 1.807) is 0 Å². The van der Waals surface area contributed by atoms with Crippen LogP contribution in [0.25, 0.3) is 0 Å². The molecule has 0 atom stereocenters. The van der Waals surface area contributed by atoms with E-state index in [1.165, 1.54) is 0 Å². The van der Waals surface area contributed by atoms with Crippen LogP contribution in [-0.2, 0) is 4.79 Å². The Bertz CT molecular complexity index is 391. The molecule has 3 N–H and O–H groups in total. The van der Waals surface area contributed by atoms with Crippen LogP contribution in [0.1, 0.15) is 31.7 Å². The van der Waals surface area contributed by atoms with Crippen LogP contribution in [0.4, 0.5) is 5.69 Å². The second kappa shape index (κ2) is 7.71. The average Bonchev–Trinajstić information content (AvgIpc) is 2.33. The van der Waals surface area contributed by atoms with Gasteiger partial charge in [0.2, 0.25) is 5.91 Å². The van der Waals surface area contributed by atoms with Crippen LogP contribution < -0.4 is 15.8 Å². The number of anilines is 1. The normalized spacial score (nSPS) is 10.2. The summed E-state index contributed by atoms with van der Waals surface area (Å²) in [5.74, 6) is 0.867. The van der Waals surface area contributed by atoms with Gasteiger partial charge in [-0.15, -0.1) is 0 Å². The van der Waals surface area contributed by atoms with Gasteiger partial charge in [-0.05, 0) is 57.0 Å². The highest BCUT2D eigenvalue weighted by molar-refractivity contribution is 5.91. The van der Waals surface area contributed by atoms with Crippen LogP contribution >= 0.6 is 0 Å². The third-order valence-electron chi connectivity index (χ3n) is 2.64. The first kappa shape index (κ1) is 14.5. The van der Waals surface area contributed by atoms with E-state index >= 15 is 0 Å². The minimum absolute atomic E-state index is 0.0377. The van der Waals surface area contributed by atoms with Gasteiger partial charge in [-0.3, -0.25) is 4.79 Å². The molecule has 0 unspecified atom stereocenters. The van der Waals surface area contributed by atoms with E-state index in [2.05, 4.69) is 5.32 Å². The highest BCUT2D eigenvalue weighted by atomic mass is 16.5. The predicted molar refractivity (Wildman–Crippen MR) is 73.9 cm³/mol. The highest BCUT2D eigenvalue weighted by Gasteiger charge is 2.05. The lowest BCUT2D eigenvalue weighted by atomic mass is 10.1. The Labute approximate surface area is 109 Å². The van der Waals surface area contributed by atoms with Gasteiger partial charge >= 0.3 is 0 Å². The topological polar surface area (TPSA) is 64.3 Å². The third-order valence-corrected chi connectivity index (χ3v) is 2.64. The molecule has 1 rings (SSSR count). The first-order chi connectivity index (χ1) is 8.67. The summed E-state index contributed by atoms with van der Waals surface area (Å²) in [5, 5.41) is 2.90. The summed E-state index contributed by atoms with van der Waals surface area (Å²) in [7, 11) is 0. The van der Waals surface area contributed by atoms with Gasteiger partial charge in [0, 0.05) is 12.1 Å². The van der Waals surface area contributed by atoms with Crippen LogP contribution in [0, 0.1) is 6.92 Å². The van der Waals surface area contributed by atoms with Gasteiger partial charge in [0.25, 0.3) is 0 Å². The van der Waals surface area contributed by atoms with Crippen LogP contribution in [0.15, 0.2) is 18.2 Å². The number of unbranched alkanes of at least 4 members (excludes halogenated alkanes) is 1. The maximum Gasteiger partial charge on any atom is 0.224 e. The second-order valence-corrected chi connectivity index (χ2v) is 4.20. The lowest BCUT2D eigenvalue weighted by Gasteiger charge is -2.10. The zero-order valence-corrected chi connectivity index (χ0v) is 11.2. The largest absolute Gasteiger partial charge is 0.494 e. The van der Waals surface area contributed by atoms with E-state index in [1.807, 2.05) is 32.0 Å². The molecule has 0 saturated carbocycles. The van der Waals surface area contributed by atoms with Crippen LogP contribution in [-0.4, -0.2) is 19.1 Å². The van der Waals surface area contributed by atoms with Crippen molar-refractivity contribution in [2.24, 2.45) is 5.73 Å². The van der Waals surface area contributed by atoms with Crippen molar-refractivity contribution in [2.75, 3.05) is 18.5 Å². The van der Waals surface area contributed by atoms with E-state index in [9.17, 15) is 4.79 Å². The Morgan fingerprint density at radius 3 is 2.78 bits per heavy atom. The van der Waals surface area contributed by atoms with E-state index in [0.717, 1.165) is 29.8 Å². The number of amides is 1. The quantitative estimate of drug-likeness (QED) is 0.731. The van der Waals surface area contributed by atoms with Crippen molar-refractivity contribution in [3.8, 4) is 5.75 Å². The predicted octanol–water partition coefficient (Wildman–Crippen LogP) is 2.46. The van der Waals surface area contributed by atoms with Gasteiger partial charge in [-0.25, -0.2) is 0 Å². The Morgan fingerprint density at radius 1 is 1.39 bits per heavy atom. The SMILES string of the molecule is CCOc1ccc(NC(=O)CCCCN)c(C)c1. The van der Waals surface area contributed by atoms with Crippen LogP contribution in [0.3, 0.4) is 0 Å². The number of benzene rings is 1. The molecule has 4 nitrogen and oxygen atoms in total. The molecule has 0 aliphatic heterocycles. The van der Waals surface area contributed by atoms with Gasteiger partial charge in [-0.2, -0.15) is 0 Å². The maximum absolute atomic E-state index is 11.7. The van der Waals surface area contributed by atoms with Crippen molar-refractivity contribution in [3.05, 3.63) is 23.8 Å². The fourth-order valence-corrected chi connectivity index (χ4v) is 1.68. The summed E-state index contributed by atoms with van der Waals surface area (Å²) in [4.78, 5) is 11.7. The number of nitrogens with two attached hydrogens (primary N) is 1. The lowest BCUT2D eigenvalue weighted by Crippen LogP contribution is -2.12. The van der Waals surface area contributed by atoms with Crippen LogP contribution in [0.2, 0.25) is 0 Å². The van der Waals surface area contributed by atoms with Crippen LogP contribution in [0.5, 0.6) is 5.75 Å². The number of hydrogen-bond donors (Lipinski definition) is 2. The molecular formula is C14H22N2O2. The van der Waals surface area contributed by atoms with Crippen molar-refractivity contribution in [1.82, 2.24) is 0 Å². The van der Waals surface area contributed by atoms with Crippen molar-refractivity contribution in [2.45, 2.75) is 33.1 Å². The summed E-state index contributed by atoms with van der Waals surface area (Å²) in [6, 6.07) is 5.67. The summed E-state index contributed by atoms with van der Waals surface area (Å²) < 4.78 is 5.40. The smallest absolute Gasteiger partial charge is 0.224 e. The van der Waals surface area contributed by atoms with E-state index in [-0.39, 0.29) is 5.91 Å². The van der Waals surface area contributed by atoms with Gasteiger partial charge in [-0.1, -0.05) is 0 Å². The van der Waals surface area contributed by atoms with Crippen molar-refractivity contribution < 1.29 is 9.53 Å². The number of carbonyl (C=O) groups is 1. The molecule has 0 aliphatic carbocycles. The summed E-state index contributed by atoms with van der Waals surface area (Å²) in [6.45, 7) is 5.18. The number of ether oxygens (including phenoxy) is 1. The lowest BCUT2D eigenvalue weighted by molar-refractivity contribution is -0.116. The summed E-state index contributed by atoms with van der Waals surface area (Å²) in [5.41, 5.74) is 7.24. The van der Waals surface area contributed by atoms with Gasteiger partial charge < -0.3 is 15.8 Å². The molecule has 1 aromatic carbocycles. The highest BCUT2D eigenvalue weighted by Crippen LogP contribution is 2.21. The van der Waals surface area contributed by atoms with Crippen molar-refractivity contribution >= 4 is 11.6 Å². The van der Waals surface area contributed by atoms with Crippen molar-refractivity contribution in [3.63, 3.8) is 0 Å². The van der Waals surface area contributed by atoms with Gasteiger partial charge in [0.1, 0.15) is 5.75 Å². The number of nitrogens with one attached hydrogen (secondary N) is 1. The number of aryl methyl sites for hydroxylation is 1. The maximum atomic E-state index is 11.7. The minimum Gasteiger partial charge on any atom is -0.494 e. The Morgan fingerprint density at radius 2 is 2.17 bits per heavy atom. The molecule has 0 fully saturated rings. The molecule has 0 aliphatic rings. The number of carbonyl (C=O) groups excluding carboxylic acids is 1. The fraction of sp³-hybridized carbons (Fsp3) is 0.500. The zero-order chi connectivity index (χ0) is 13.4. The molecule has 0 aromatic heterocycles. The Balaban J connectivity index is 2.53. The summed E-state index contributed by atoms with van der Waals surface area (Å²) in [6.07, 6.45) is 2.23. The average molecular weight is 250 g/mol. The minimum atomic E-state index is 0.0377. The Kier molecular flexibility index (Phi) is 6.22. The second-order valence-electron chi connectivity index (χ2n) is 4.20. The monoisotopic (exact) mass is 250 g/mol. The summed E-state index contributed by atoms with van der Waals surface area (Å²) >= 11 is 0. The molecule has 0 heterocycles. The zero-order valence-electron chi connectivity index (χ0n) is 11.2. The van der Waals surface area contributed by atoms with Gasteiger partial charge in [0.05, 0.1) is 6.61 Å². The molecule has 0 bridgehead atoms. The molecule has 18 heavy (non-hydrogen) atoms. The Hall–Kier alpha value is -1.55. The standard InChI is InChI=1S/C14H22N2O2/c1-3-18-12-7-8-13(11(2)10-12)16-14(17)6-4-5-9-15/h7-8,10H,3-6,9,15H2,1-2H3,(H,16,17). The molecule has 1 amide bonds. The fourth-order valence-electron chi connectivity index (χ4n) is 1.68. The molecule has 4 heteroatoms. The van der Waals surface area contributed by atoms with Gasteiger partial charge in [0.15, 0.2) is 0 Å². The first-order valence-corrected chi connectivity index (χ1v) is 6.40. The first-order valence-electron chi connectivity index (χ1n) is 6.40. The third kappa shape index (κ3) is 4.75. The molecule has 0 spiro atoms.